The second-order valence-corrected chi connectivity index (χ2v) is 13.8. The third kappa shape index (κ3) is 28.6. The van der Waals surface area contributed by atoms with Crippen LogP contribution in [0.3, 0.4) is 0 Å². The molecule has 42 heavy (non-hydrogen) atoms. The van der Waals surface area contributed by atoms with Gasteiger partial charge in [-0.25, -0.2) is 0 Å². The van der Waals surface area contributed by atoms with Crippen molar-refractivity contribution in [1.82, 2.24) is 4.90 Å². The number of rotatable bonds is 35. The predicted octanol–water partition coefficient (Wildman–Crippen LogP) is 12.4. The maximum Gasteiger partial charge on any atom is 0.0934 e. The van der Waals surface area contributed by atoms with Gasteiger partial charge in [0.1, 0.15) is 0 Å². The molecular formula is C39H79NO2. The van der Waals surface area contributed by atoms with Gasteiger partial charge >= 0.3 is 0 Å². The largest absolute Gasteiger partial charge is 0.379 e. The summed E-state index contributed by atoms with van der Waals surface area (Å²) in [5.74, 6) is 0. The van der Waals surface area contributed by atoms with Crippen molar-refractivity contribution in [3.05, 3.63) is 0 Å². The zero-order valence-corrected chi connectivity index (χ0v) is 29.3. The maximum atomic E-state index is 6.37. The summed E-state index contributed by atoms with van der Waals surface area (Å²) < 4.78 is 12.5. The lowest BCUT2D eigenvalue weighted by molar-refractivity contribution is -0.0316. The molecule has 0 N–H and O–H groups in total. The van der Waals surface area contributed by atoms with Crippen molar-refractivity contribution >= 4 is 0 Å². The van der Waals surface area contributed by atoms with Gasteiger partial charge in [-0.3, -0.25) is 0 Å². The van der Waals surface area contributed by atoms with Crippen LogP contribution in [0.1, 0.15) is 206 Å². The van der Waals surface area contributed by atoms with Crippen LogP contribution in [0.2, 0.25) is 0 Å². The Kier molecular flexibility index (Phi) is 32.1. The highest BCUT2D eigenvalue weighted by Gasteiger charge is 2.18. The quantitative estimate of drug-likeness (QED) is 0.0682. The molecule has 1 fully saturated rings. The Bertz CT molecular complexity index is 493. The molecule has 0 radical (unpaired) electrons. The second-order valence-electron chi connectivity index (χ2n) is 13.8. The van der Waals surface area contributed by atoms with Gasteiger partial charge in [0, 0.05) is 19.8 Å². The zero-order valence-electron chi connectivity index (χ0n) is 29.3. The minimum Gasteiger partial charge on any atom is -0.379 e. The summed E-state index contributed by atoms with van der Waals surface area (Å²) in [4.78, 5) is 2.59. The molecule has 0 amide bonds. The molecule has 0 bridgehead atoms. The molecule has 0 aliphatic carbocycles. The van der Waals surface area contributed by atoms with E-state index in [0.29, 0.717) is 0 Å². The highest BCUT2D eigenvalue weighted by molar-refractivity contribution is 4.71. The molecule has 1 saturated heterocycles. The maximum absolute atomic E-state index is 6.37. The molecular weight excluding hydrogens is 514 g/mol. The summed E-state index contributed by atoms with van der Waals surface area (Å²) in [7, 11) is 0. The number of ether oxygens (including phenoxy) is 2. The molecule has 3 heteroatoms. The average molecular weight is 594 g/mol. The second kappa shape index (κ2) is 33.8. The van der Waals surface area contributed by atoms with E-state index in [9.17, 15) is 0 Å². The van der Waals surface area contributed by atoms with E-state index in [1.807, 2.05) is 0 Å². The topological polar surface area (TPSA) is 21.7 Å². The van der Waals surface area contributed by atoms with Crippen LogP contribution in [-0.4, -0.2) is 50.5 Å². The lowest BCUT2D eigenvalue weighted by Crippen LogP contribution is -2.35. The average Bonchev–Trinajstić information content (AvgIpc) is 3.52. The Morgan fingerprint density at radius 1 is 0.429 bits per heavy atom. The SMILES string of the molecule is CCCCCCCCCCCCCCCCOCC(CN1CCCC1)OCCCCCCCCCCCCCCCC. The smallest absolute Gasteiger partial charge is 0.0934 e. The summed E-state index contributed by atoms with van der Waals surface area (Å²) in [6, 6.07) is 0. The molecule has 0 aromatic rings. The first-order valence-corrected chi connectivity index (χ1v) is 19.8. The Hall–Kier alpha value is -0.120. The van der Waals surface area contributed by atoms with Crippen molar-refractivity contribution in [3.63, 3.8) is 0 Å². The van der Waals surface area contributed by atoms with Crippen molar-refractivity contribution < 1.29 is 9.47 Å². The highest BCUT2D eigenvalue weighted by atomic mass is 16.5. The van der Waals surface area contributed by atoms with Gasteiger partial charge in [0.05, 0.1) is 12.7 Å². The molecule has 1 aliphatic rings. The lowest BCUT2D eigenvalue weighted by atomic mass is 10.0. The molecule has 3 nitrogen and oxygen atoms in total. The van der Waals surface area contributed by atoms with Crippen molar-refractivity contribution in [2.75, 3.05) is 39.5 Å². The monoisotopic (exact) mass is 594 g/mol. The summed E-state index contributed by atoms with van der Waals surface area (Å²) in [5.41, 5.74) is 0. The first kappa shape index (κ1) is 39.9. The van der Waals surface area contributed by atoms with Crippen molar-refractivity contribution in [1.29, 1.82) is 0 Å². The number of likely N-dealkylation sites (tertiary alicyclic amines) is 1. The van der Waals surface area contributed by atoms with E-state index in [2.05, 4.69) is 18.7 Å². The van der Waals surface area contributed by atoms with Crippen LogP contribution in [0.4, 0.5) is 0 Å². The van der Waals surface area contributed by atoms with Crippen LogP contribution in [0.15, 0.2) is 0 Å². The fourth-order valence-corrected chi connectivity index (χ4v) is 6.57. The van der Waals surface area contributed by atoms with Crippen molar-refractivity contribution in [2.24, 2.45) is 0 Å². The van der Waals surface area contributed by atoms with Gasteiger partial charge in [-0.1, -0.05) is 181 Å². The molecule has 0 spiro atoms. The Morgan fingerprint density at radius 2 is 0.762 bits per heavy atom. The van der Waals surface area contributed by atoms with Gasteiger partial charge < -0.3 is 14.4 Å². The van der Waals surface area contributed by atoms with Crippen molar-refractivity contribution in [3.8, 4) is 0 Å². The first-order chi connectivity index (χ1) is 20.9. The number of hydrogen-bond acceptors (Lipinski definition) is 3. The Labute approximate surface area is 266 Å². The number of unbranched alkanes of at least 4 members (excludes halogenated alkanes) is 26. The fourth-order valence-electron chi connectivity index (χ4n) is 6.57. The van der Waals surface area contributed by atoms with E-state index >= 15 is 0 Å². The Morgan fingerprint density at radius 3 is 1.14 bits per heavy atom. The third-order valence-corrected chi connectivity index (χ3v) is 9.46. The van der Waals surface area contributed by atoms with Gasteiger partial charge in [-0.05, 0) is 38.8 Å². The molecule has 0 aromatic carbocycles. The molecule has 1 aliphatic heterocycles. The van der Waals surface area contributed by atoms with E-state index in [4.69, 9.17) is 9.47 Å². The summed E-state index contributed by atoms with van der Waals surface area (Å²) in [6.45, 7) is 10.8. The van der Waals surface area contributed by atoms with Crippen LogP contribution in [0.5, 0.6) is 0 Å². The molecule has 252 valence electrons. The van der Waals surface area contributed by atoms with Crippen LogP contribution in [0, 0.1) is 0 Å². The molecule has 1 atom stereocenters. The van der Waals surface area contributed by atoms with Gasteiger partial charge in [-0.2, -0.15) is 0 Å². The standard InChI is InChI=1S/C39H79NO2/c1-3-5-7-9-11-13-15-17-19-21-23-25-27-31-35-41-38-39(37-40-33-29-30-34-40)42-36-32-28-26-24-22-20-18-16-14-12-10-8-6-4-2/h39H,3-38H2,1-2H3. The summed E-state index contributed by atoms with van der Waals surface area (Å²) in [6.07, 6.45) is 42.5. The Balaban J connectivity index is 1.92. The van der Waals surface area contributed by atoms with Crippen LogP contribution in [0.25, 0.3) is 0 Å². The van der Waals surface area contributed by atoms with Crippen LogP contribution < -0.4 is 0 Å². The number of nitrogens with zero attached hydrogens (tertiary/aromatic N) is 1. The van der Waals surface area contributed by atoms with E-state index in [0.717, 1.165) is 26.4 Å². The number of hydrogen-bond donors (Lipinski definition) is 0. The van der Waals surface area contributed by atoms with Crippen molar-refractivity contribution in [2.45, 2.75) is 213 Å². The molecule has 1 unspecified atom stereocenters. The van der Waals surface area contributed by atoms with E-state index in [-0.39, 0.29) is 6.10 Å². The van der Waals surface area contributed by atoms with Gasteiger partial charge in [0.2, 0.25) is 0 Å². The van der Waals surface area contributed by atoms with Crippen LogP contribution in [-0.2, 0) is 9.47 Å². The predicted molar refractivity (Wildman–Crippen MR) is 187 cm³/mol. The fraction of sp³-hybridized carbons (Fsp3) is 1.00. The highest BCUT2D eigenvalue weighted by Crippen LogP contribution is 2.15. The third-order valence-electron chi connectivity index (χ3n) is 9.46. The summed E-state index contributed by atoms with van der Waals surface area (Å²) >= 11 is 0. The molecule has 0 aromatic heterocycles. The van der Waals surface area contributed by atoms with E-state index in [1.165, 1.54) is 206 Å². The minimum absolute atomic E-state index is 0.261. The molecule has 1 heterocycles. The minimum atomic E-state index is 0.261. The van der Waals surface area contributed by atoms with Gasteiger partial charge in [-0.15, -0.1) is 0 Å². The lowest BCUT2D eigenvalue weighted by Gasteiger charge is -2.24. The molecule has 0 saturated carbocycles. The zero-order chi connectivity index (χ0) is 30.0. The van der Waals surface area contributed by atoms with E-state index in [1.54, 1.807) is 0 Å². The van der Waals surface area contributed by atoms with Gasteiger partial charge in [0.15, 0.2) is 0 Å². The van der Waals surface area contributed by atoms with Crippen LogP contribution >= 0.6 is 0 Å². The molecule has 1 rings (SSSR count). The van der Waals surface area contributed by atoms with Gasteiger partial charge in [0.25, 0.3) is 0 Å². The van der Waals surface area contributed by atoms with E-state index < -0.39 is 0 Å². The summed E-state index contributed by atoms with van der Waals surface area (Å²) in [5, 5.41) is 0. The normalized spacial score (nSPS) is 14.7. The first-order valence-electron chi connectivity index (χ1n) is 19.8.